The van der Waals surface area contributed by atoms with E-state index in [9.17, 15) is 10.3 Å². The van der Waals surface area contributed by atoms with Gasteiger partial charge in [-0.05, 0) is 12.8 Å². The summed E-state index contributed by atoms with van der Waals surface area (Å²) < 4.78 is 0. The number of nitrogens with zero attached hydrogens (tertiary/aromatic N) is 1. The molecule has 0 bridgehead atoms. The maximum Gasteiger partial charge on any atom is 0.0690 e. The third-order valence-corrected chi connectivity index (χ3v) is 4.08. The van der Waals surface area contributed by atoms with Crippen LogP contribution < -0.4 is 0 Å². The molecule has 1 unspecified atom stereocenters. The van der Waals surface area contributed by atoms with Crippen molar-refractivity contribution >= 4 is 0 Å². The molecule has 0 radical (unpaired) electrons. The summed E-state index contributed by atoms with van der Waals surface area (Å²) in [5.74, 6) is 0. The Balaban J connectivity index is 3.22. The van der Waals surface area contributed by atoms with E-state index in [2.05, 4.69) is 13.8 Å². The molecule has 0 fully saturated rings. The molecule has 3 nitrogen and oxygen atoms in total. The smallest absolute Gasteiger partial charge is 0.0690 e. The van der Waals surface area contributed by atoms with E-state index in [0.29, 0.717) is 13.1 Å². The van der Waals surface area contributed by atoms with Crippen molar-refractivity contribution in [2.45, 2.75) is 103 Å². The normalized spacial score (nSPS) is 13.0. The number of unbranched alkanes of at least 4 members (excludes halogenated alkanes) is 10. The van der Waals surface area contributed by atoms with Gasteiger partial charge in [-0.15, -0.1) is 0 Å². The Labute approximate surface area is 132 Å². The first-order valence-corrected chi connectivity index (χ1v) is 9.32. The minimum Gasteiger partial charge on any atom is -0.392 e. The molecule has 0 amide bonds. The van der Waals surface area contributed by atoms with Crippen molar-refractivity contribution in [2.75, 3.05) is 13.1 Å². The Hall–Kier alpha value is -0.120. The Bertz CT molecular complexity index is 200. The lowest BCUT2D eigenvalue weighted by molar-refractivity contribution is -0.114. The van der Waals surface area contributed by atoms with Crippen LogP contribution in [0.5, 0.6) is 0 Å². The molecular weight excluding hydrogens is 262 g/mol. The largest absolute Gasteiger partial charge is 0.392 e. The first kappa shape index (κ1) is 20.9. The molecular formula is C18H39NO2. The average molecular weight is 302 g/mol. The summed E-state index contributed by atoms with van der Waals surface area (Å²) in [6.45, 7) is 5.44. The summed E-state index contributed by atoms with van der Waals surface area (Å²) in [7, 11) is 0. The van der Waals surface area contributed by atoms with Gasteiger partial charge < -0.3 is 10.3 Å². The summed E-state index contributed by atoms with van der Waals surface area (Å²) in [6.07, 6.45) is 15.7. The third-order valence-electron chi connectivity index (χ3n) is 4.08. The van der Waals surface area contributed by atoms with E-state index >= 15 is 0 Å². The van der Waals surface area contributed by atoms with E-state index in [0.717, 1.165) is 25.7 Å². The summed E-state index contributed by atoms with van der Waals surface area (Å²) in [5.41, 5.74) is 0. The lowest BCUT2D eigenvalue weighted by atomic mass is 10.0. The van der Waals surface area contributed by atoms with E-state index < -0.39 is 0 Å². The fourth-order valence-electron chi connectivity index (χ4n) is 2.63. The predicted octanol–water partition coefficient (Wildman–Crippen LogP) is 5.15. The fourth-order valence-corrected chi connectivity index (χ4v) is 2.63. The predicted molar refractivity (Wildman–Crippen MR) is 90.7 cm³/mol. The average Bonchev–Trinajstić information content (AvgIpc) is 2.47. The van der Waals surface area contributed by atoms with Gasteiger partial charge in [0, 0.05) is 13.1 Å². The van der Waals surface area contributed by atoms with Crippen LogP contribution in [-0.2, 0) is 0 Å². The summed E-state index contributed by atoms with van der Waals surface area (Å²) >= 11 is 0. The number of hydrogen-bond donors (Lipinski definition) is 2. The molecule has 0 aromatic heterocycles. The number of hydroxylamine groups is 2. The highest BCUT2D eigenvalue weighted by atomic mass is 16.5. The molecule has 0 aliphatic carbocycles. The van der Waals surface area contributed by atoms with Gasteiger partial charge in [-0.25, -0.2) is 0 Å². The minimum atomic E-state index is -0.374. The van der Waals surface area contributed by atoms with Crippen molar-refractivity contribution in [3.05, 3.63) is 0 Å². The van der Waals surface area contributed by atoms with Gasteiger partial charge in [0.15, 0.2) is 0 Å². The fraction of sp³-hybridized carbons (Fsp3) is 1.00. The van der Waals surface area contributed by atoms with Gasteiger partial charge in [-0.1, -0.05) is 84.5 Å². The molecule has 3 heteroatoms. The highest BCUT2D eigenvalue weighted by molar-refractivity contribution is 4.59. The van der Waals surface area contributed by atoms with Gasteiger partial charge in [0.2, 0.25) is 0 Å². The standard InChI is InChI=1S/C18H39NO2/c1-3-5-7-8-9-10-11-12-13-14-15-18(20)17-19(21)16-6-4-2/h18,20-21H,3-17H2,1-2H3. The van der Waals surface area contributed by atoms with Crippen LogP contribution in [0.25, 0.3) is 0 Å². The quantitative estimate of drug-likeness (QED) is 0.306. The summed E-state index contributed by atoms with van der Waals surface area (Å²) in [6, 6.07) is 0. The molecule has 128 valence electrons. The second kappa shape index (κ2) is 16.3. The Morgan fingerprint density at radius 2 is 1.19 bits per heavy atom. The maximum atomic E-state index is 9.84. The van der Waals surface area contributed by atoms with Gasteiger partial charge >= 0.3 is 0 Å². The maximum absolute atomic E-state index is 9.84. The van der Waals surface area contributed by atoms with Crippen LogP contribution in [-0.4, -0.2) is 34.6 Å². The minimum absolute atomic E-state index is 0.374. The molecule has 0 rings (SSSR count). The topological polar surface area (TPSA) is 43.7 Å². The molecule has 0 saturated heterocycles. The van der Waals surface area contributed by atoms with Crippen LogP contribution in [0.3, 0.4) is 0 Å². The van der Waals surface area contributed by atoms with Crippen LogP contribution in [0, 0.1) is 0 Å². The first-order chi connectivity index (χ1) is 10.2. The van der Waals surface area contributed by atoms with Gasteiger partial charge in [-0.3, -0.25) is 0 Å². The summed E-state index contributed by atoms with van der Waals surface area (Å²) in [5, 5.41) is 20.7. The van der Waals surface area contributed by atoms with E-state index in [1.807, 2.05) is 0 Å². The van der Waals surface area contributed by atoms with Gasteiger partial charge in [0.25, 0.3) is 0 Å². The number of aliphatic hydroxyl groups excluding tert-OH is 1. The first-order valence-electron chi connectivity index (χ1n) is 9.32. The zero-order valence-electron chi connectivity index (χ0n) is 14.5. The highest BCUT2D eigenvalue weighted by Crippen LogP contribution is 2.12. The van der Waals surface area contributed by atoms with Crippen molar-refractivity contribution in [1.29, 1.82) is 0 Å². The Morgan fingerprint density at radius 3 is 1.71 bits per heavy atom. The Kier molecular flexibility index (Phi) is 16.2. The molecule has 2 N–H and O–H groups in total. The molecule has 0 aromatic rings. The van der Waals surface area contributed by atoms with Gasteiger partial charge in [-0.2, -0.15) is 5.06 Å². The van der Waals surface area contributed by atoms with Crippen LogP contribution in [0.15, 0.2) is 0 Å². The number of rotatable bonds is 16. The van der Waals surface area contributed by atoms with Crippen LogP contribution in [0.2, 0.25) is 0 Å². The van der Waals surface area contributed by atoms with Crippen molar-refractivity contribution < 1.29 is 10.3 Å². The van der Waals surface area contributed by atoms with Crippen LogP contribution >= 0.6 is 0 Å². The zero-order chi connectivity index (χ0) is 15.8. The van der Waals surface area contributed by atoms with Crippen molar-refractivity contribution in [3.63, 3.8) is 0 Å². The van der Waals surface area contributed by atoms with Gasteiger partial charge in [0.05, 0.1) is 6.10 Å². The second-order valence-corrected chi connectivity index (χ2v) is 6.39. The summed E-state index contributed by atoms with van der Waals surface area (Å²) in [4.78, 5) is 0. The Morgan fingerprint density at radius 1 is 0.714 bits per heavy atom. The van der Waals surface area contributed by atoms with E-state index in [-0.39, 0.29) is 6.10 Å². The van der Waals surface area contributed by atoms with Crippen LogP contribution in [0.4, 0.5) is 0 Å². The second-order valence-electron chi connectivity index (χ2n) is 6.39. The van der Waals surface area contributed by atoms with E-state index in [4.69, 9.17) is 0 Å². The molecule has 21 heavy (non-hydrogen) atoms. The molecule has 0 heterocycles. The highest BCUT2D eigenvalue weighted by Gasteiger charge is 2.08. The molecule has 0 aliphatic heterocycles. The lowest BCUT2D eigenvalue weighted by Crippen LogP contribution is -2.30. The monoisotopic (exact) mass is 301 g/mol. The number of aliphatic hydroxyl groups is 1. The van der Waals surface area contributed by atoms with Crippen molar-refractivity contribution in [1.82, 2.24) is 5.06 Å². The zero-order valence-corrected chi connectivity index (χ0v) is 14.5. The third kappa shape index (κ3) is 16.1. The molecule has 0 spiro atoms. The van der Waals surface area contributed by atoms with Crippen molar-refractivity contribution in [2.24, 2.45) is 0 Å². The number of hydrogen-bond acceptors (Lipinski definition) is 3. The van der Waals surface area contributed by atoms with Crippen LogP contribution in [0.1, 0.15) is 97.3 Å². The molecule has 1 atom stereocenters. The molecule has 0 aromatic carbocycles. The van der Waals surface area contributed by atoms with E-state index in [1.54, 1.807) is 0 Å². The van der Waals surface area contributed by atoms with Crippen molar-refractivity contribution in [3.8, 4) is 0 Å². The molecule has 0 saturated carbocycles. The molecule has 0 aliphatic rings. The van der Waals surface area contributed by atoms with E-state index in [1.165, 1.54) is 62.9 Å². The lowest BCUT2D eigenvalue weighted by Gasteiger charge is -2.18. The SMILES string of the molecule is CCCCCCCCCCCCC(O)CN(O)CCCC. The van der Waals surface area contributed by atoms with Gasteiger partial charge in [0.1, 0.15) is 0 Å².